The van der Waals surface area contributed by atoms with Gasteiger partial charge in [-0.25, -0.2) is 0 Å². The molecule has 1 amide bonds. The number of ether oxygens (including phenoxy) is 1. The zero-order chi connectivity index (χ0) is 17.3. The summed E-state index contributed by atoms with van der Waals surface area (Å²) in [7, 11) is 0. The molecule has 1 heterocycles. The van der Waals surface area contributed by atoms with Gasteiger partial charge in [-0.1, -0.05) is 24.3 Å². The van der Waals surface area contributed by atoms with Crippen LogP contribution in [0.3, 0.4) is 0 Å². The van der Waals surface area contributed by atoms with Gasteiger partial charge in [0.05, 0.1) is 11.0 Å². The Labute approximate surface area is 138 Å². The first-order chi connectivity index (χ1) is 11.4. The molecule has 1 aliphatic rings. The standard InChI is InChI=1S/C18H16N2O4/c1-18(2)9-8-13-10-14(15(20(22)23)11-16(13)24-18)19-17(21)12-6-4-3-5-7-12/h3-11H,1-2H3,(H,19,21). The quantitative estimate of drug-likeness (QED) is 0.682. The molecule has 0 spiro atoms. The van der Waals surface area contributed by atoms with Crippen LogP contribution < -0.4 is 10.1 Å². The molecule has 0 bridgehead atoms. The van der Waals surface area contributed by atoms with E-state index < -0.39 is 16.4 Å². The fraction of sp³-hybridized carbons (Fsp3) is 0.167. The molecule has 0 unspecified atom stereocenters. The van der Waals surface area contributed by atoms with Crippen molar-refractivity contribution in [1.82, 2.24) is 0 Å². The van der Waals surface area contributed by atoms with Crippen LogP contribution in [0.4, 0.5) is 11.4 Å². The Morgan fingerprint density at radius 2 is 1.92 bits per heavy atom. The van der Waals surface area contributed by atoms with E-state index in [4.69, 9.17) is 4.74 Å². The third-order valence-corrected chi connectivity index (χ3v) is 3.65. The van der Waals surface area contributed by atoms with Crippen molar-refractivity contribution in [3.63, 3.8) is 0 Å². The minimum Gasteiger partial charge on any atom is -0.483 e. The lowest BCUT2D eigenvalue weighted by Crippen LogP contribution is -2.27. The summed E-state index contributed by atoms with van der Waals surface area (Å²) in [6, 6.07) is 11.4. The second kappa shape index (κ2) is 5.81. The number of carbonyl (C=O) groups excluding carboxylic acids is 1. The minimum absolute atomic E-state index is 0.139. The van der Waals surface area contributed by atoms with Crippen molar-refractivity contribution in [1.29, 1.82) is 0 Å². The van der Waals surface area contributed by atoms with E-state index in [-0.39, 0.29) is 11.4 Å². The van der Waals surface area contributed by atoms with E-state index in [0.29, 0.717) is 16.9 Å². The molecule has 1 aliphatic heterocycles. The number of anilines is 1. The molecule has 2 aromatic rings. The summed E-state index contributed by atoms with van der Waals surface area (Å²) in [5.74, 6) is 0.0200. The third-order valence-electron chi connectivity index (χ3n) is 3.65. The Bertz CT molecular complexity index is 842. The van der Waals surface area contributed by atoms with Crippen molar-refractivity contribution in [3.05, 3.63) is 69.8 Å². The highest BCUT2D eigenvalue weighted by Gasteiger charge is 2.26. The normalized spacial score (nSPS) is 14.4. The van der Waals surface area contributed by atoms with Crippen molar-refractivity contribution < 1.29 is 14.5 Å². The van der Waals surface area contributed by atoms with Gasteiger partial charge in [-0.05, 0) is 38.1 Å². The smallest absolute Gasteiger partial charge is 0.296 e. The number of rotatable bonds is 3. The second-order valence-corrected chi connectivity index (χ2v) is 6.02. The van der Waals surface area contributed by atoms with Crippen LogP contribution >= 0.6 is 0 Å². The molecule has 6 heteroatoms. The maximum Gasteiger partial charge on any atom is 0.296 e. The topological polar surface area (TPSA) is 81.5 Å². The molecular formula is C18H16N2O4. The highest BCUT2D eigenvalue weighted by molar-refractivity contribution is 6.05. The van der Waals surface area contributed by atoms with Gasteiger partial charge < -0.3 is 10.1 Å². The average Bonchev–Trinajstić information content (AvgIpc) is 2.54. The van der Waals surface area contributed by atoms with Crippen LogP contribution in [-0.2, 0) is 0 Å². The number of nitrogens with zero attached hydrogens (tertiary/aromatic N) is 1. The molecule has 0 atom stereocenters. The Kier molecular flexibility index (Phi) is 3.81. The van der Waals surface area contributed by atoms with E-state index in [1.165, 1.54) is 6.07 Å². The zero-order valence-corrected chi connectivity index (χ0v) is 13.3. The van der Waals surface area contributed by atoms with Crippen molar-refractivity contribution in [3.8, 4) is 5.75 Å². The van der Waals surface area contributed by atoms with Crippen LogP contribution in [0.15, 0.2) is 48.5 Å². The number of fused-ring (bicyclic) bond motifs is 1. The number of hydrogen-bond acceptors (Lipinski definition) is 4. The second-order valence-electron chi connectivity index (χ2n) is 6.02. The van der Waals surface area contributed by atoms with Gasteiger partial charge in [0.2, 0.25) is 0 Å². The third kappa shape index (κ3) is 3.12. The molecule has 1 N–H and O–H groups in total. The van der Waals surface area contributed by atoms with Crippen LogP contribution in [0.2, 0.25) is 0 Å². The lowest BCUT2D eigenvalue weighted by molar-refractivity contribution is -0.384. The molecule has 0 aliphatic carbocycles. The van der Waals surface area contributed by atoms with E-state index in [1.54, 1.807) is 36.4 Å². The molecule has 2 aromatic carbocycles. The molecule has 0 saturated carbocycles. The van der Waals surface area contributed by atoms with E-state index >= 15 is 0 Å². The first-order valence-corrected chi connectivity index (χ1v) is 7.43. The van der Waals surface area contributed by atoms with Crippen LogP contribution in [0.25, 0.3) is 6.08 Å². The average molecular weight is 324 g/mol. The van der Waals surface area contributed by atoms with Gasteiger partial charge in [-0.15, -0.1) is 0 Å². The number of nitro groups is 1. The van der Waals surface area contributed by atoms with Crippen LogP contribution in [0, 0.1) is 10.1 Å². The first-order valence-electron chi connectivity index (χ1n) is 7.43. The van der Waals surface area contributed by atoms with Crippen LogP contribution in [0.5, 0.6) is 5.75 Å². The summed E-state index contributed by atoms with van der Waals surface area (Å²) >= 11 is 0. The summed E-state index contributed by atoms with van der Waals surface area (Å²) < 4.78 is 5.75. The Balaban J connectivity index is 1.99. The first kappa shape index (κ1) is 15.7. The molecule has 6 nitrogen and oxygen atoms in total. The minimum atomic E-state index is -0.532. The number of amides is 1. The number of carbonyl (C=O) groups is 1. The van der Waals surface area contributed by atoms with Crippen molar-refractivity contribution in [2.24, 2.45) is 0 Å². The molecule has 0 radical (unpaired) electrons. The summed E-state index contributed by atoms with van der Waals surface area (Å²) in [4.78, 5) is 23.1. The molecule has 3 rings (SSSR count). The SMILES string of the molecule is CC1(C)C=Cc2cc(NC(=O)c3ccccc3)c([N+](=O)[O-])cc2O1. The highest BCUT2D eigenvalue weighted by Crippen LogP contribution is 2.38. The fourth-order valence-corrected chi connectivity index (χ4v) is 2.45. The Hall–Kier alpha value is -3.15. The fourth-order valence-electron chi connectivity index (χ4n) is 2.45. The lowest BCUT2D eigenvalue weighted by Gasteiger charge is -2.27. The maximum atomic E-state index is 12.3. The van der Waals surface area contributed by atoms with Crippen molar-refractivity contribution in [2.75, 3.05) is 5.32 Å². The molecule has 24 heavy (non-hydrogen) atoms. The van der Waals surface area contributed by atoms with E-state index in [2.05, 4.69) is 5.32 Å². The summed E-state index contributed by atoms with van der Waals surface area (Å²) in [6.07, 6.45) is 3.70. The van der Waals surface area contributed by atoms with Gasteiger partial charge >= 0.3 is 0 Å². The maximum absolute atomic E-state index is 12.3. The molecule has 0 saturated heterocycles. The monoisotopic (exact) mass is 324 g/mol. The molecule has 0 fully saturated rings. The van der Waals surface area contributed by atoms with E-state index in [9.17, 15) is 14.9 Å². The largest absolute Gasteiger partial charge is 0.483 e. The van der Waals surface area contributed by atoms with Crippen LogP contribution in [-0.4, -0.2) is 16.4 Å². The highest BCUT2D eigenvalue weighted by atomic mass is 16.6. The van der Waals surface area contributed by atoms with Crippen molar-refractivity contribution >= 4 is 23.4 Å². The molecular weight excluding hydrogens is 308 g/mol. The predicted molar refractivity (Wildman–Crippen MR) is 91.2 cm³/mol. The van der Waals surface area contributed by atoms with E-state index in [1.807, 2.05) is 26.0 Å². The molecule has 122 valence electrons. The number of hydrogen-bond donors (Lipinski definition) is 1. The van der Waals surface area contributed by atoms with Gasteiger partial charge in [0.25, 0.3) is 11.6 Å². The number of nitrogens with one attached hydrogen (secondary N) is 1. The Morgan fingerprint density at radius 1 is 1.21 bits per heavy atom. The van der Waals surface area contributed by atoms with Gasteiger partial charge in [-0.2, -0.15) is 0 Å². The van der Waals surface area contributed by atoms with Crippen LogP contribution in [0.1, 0.15) is 29.8 Å². The van der Waals surface area contributed by atoms with Gasteiger partial charge in [0.1, 0.15) is 17.0 Å². The molecule has 0 aromatic heterocycles. The predicted octanol–water partition coefficient (Wildman–Crippen LogP) is 4.03. The van der Waals surface area contributed by atoms with E-state index in [0.717, 1.165) is 0 Å². The van der Waals surface area contributed by atoms with Crippen molar-refractivity contribution in [2.45, 2.75) is 19.4 Å². The van der Waals surface area contributed by atoms with Gasteiger partial charge in [0.15, 0.2) is 0 Å². The van der Waals surface area contributed by atoms with Gasteiger partial charge in [0, 0.05) is 11.1 Å². The lowest BCUT2D eigenvalue weighted by atomic mass is 10.0. The number of nitro benzene ring substituents is 1. The summed E-state index contributed by atoms with van der Waals surface area (Å²) in [5.41, 5.74) is 0.515. The summed E-state index contributed by atoms with van der Waals surface area (Å²) in [5, 5.41) is 14.0. The van der Waals surface area contributed by atoms with Gasteiger partial charge in [-0.3, -0.25) is 14.9 Å². The zero-order valence-electron chi connectivity index (χ0n) is 13.3. The Morgan fingerprint density at radius 3 is 2.58 bits per heavy atom. The summed E-state index contributed by atoms with van der Waals surface area (Å²) in [6.45, 7) is 3.73. The number of benzene rings is 2.